The van der Waals surface area contributed by atoms with Gasteiger partial charge in [0.2, 0.25) is 0 Å². The molecule has 0 atom stereocenters. The Morgan fingerprint density at radius 1 is 1.00 bits per heavy atom. The number of carbonyl (C=O) groups is 1. The Kier molecular flexibility index (Phi) is 3.32. The summed E-state index contributed by atoms with van der Waals surface area (Å²) in [5, 5.41) is 11.2. The van der Waals surface area contributed by atoms with Crippen molar-refractivity contribution in [1.29, 1.82) is 0 Å². The Morgan fingerprint density at radius 2 is 1.76 bits per heavy atom. The van der Waals surface area contributed by atoms with Gasteiger partial charge in [-0.1, -0.05) is 36.4 Å². The molecule has 0 fully saturated rings. The van der Waals surface area contributed by atoms with E-state index in [0.717, 1.165) is 21.9 Å². The van der Waals surface area contributed by atoms with Crippen LogP contribution in [0.2, 0.25) is 0 Å². The highest BCUT2D eigenvalue weighted by atomic mass is 16.5. The van der Waals surface area contributed by atoms with Crippen molar-refractivity contribution in [2.75, 3.05) is 7.11 Å². The first-order valence-corrected chi connectivity index (χ1v) is 6.59. The van der Waals surface area contributed by atoms with E-state index < -0.39 is 5.97 Å². The van der Waals surface area contributed by atoms with Gasteiger partial charge in [0.15, 0.2) is 0 Å². The molecule has 3 nitrogen and oxygen atoms in total. The van der Waals surface area contributed by atoms with E-state index in [9.17, 15) is 9.90 Å². The number of hydrogen-bond donors (Lipinski definition) is 1. The van der Waals surface area contributed by atoms with Crippen LogP contribution in [0.1, 0.15) is 10.4 Å². The fourth-order valence-corrected chi connectivity index (χ4v) is 2.45. The molecular formula is C18H14O3. The quantitative estimate of drug-likeness (QED) is 0.780. The van der Waals surface area contributed by atoms with Gasteiger partial charge in [-0.15, -0.1) is 0 Å². The molecule has 0 spiro atoms. The number of ether oxygens (including phenoxy) is 1. The molecule has 0 aromatic heterocycles. The predicted molar refractivity (Wildman–Crippen MR) is 82.9 cm³/mol. The Labute approximate surface area is 122 Å². The molecule has 21 heavy (non-hydrogen) atoms. The lowest BCUT2D eigenvalue weighted by Crippen LogP contribution is -1.97. The number of benzene rings is 3. The number of methoxy groups -OCH3 is 1. The monoisotopic (exact) mass is 278 g/mol. The zero-order valence-electron chi connectivity index (χ0n) is 11.5. The maximum atomic E-state index is 11.4. The minimum atomic E-state index is -0.933. The summed E-state index contributed by atoms with van der Waals surface area (Å²) in [6, 6.07) is 18.9. The van der Waals surface area contributed by atoms with Gasteiger partial charge >= 0.3 is 5.97 Å². The summed E-state index contributed by atoms with van der Waals surface area (Å²) in [5.74, 6) is -0.221. The Bertz CT molecular complexity index is 807. The van der Waals surface area contributed by atoms with Gasteiger partial charge in [-0.05, 0) is 46.2 Å². The molecular weight excluding hydrogens is 264 g/mol. The van der Waals surface area contributed by atoms with Crippen molar-refractivity contribution in [2.24, 2.45) is 0 Å². The Hall–Kier alpha value is -2.81. The van der Waals surface area contributed by atoms with Gasteiger partial charge in [-0.2, -0.15) is 0 Å². The van der Waals surface area contributed by atoms with E-state index in [1.807, 2.05) is 48.5 Å². The smallest absolute Gasteiger partial charge is 0.335 e. The van der Waals surface area contributed by atoms with Crippen LogP contribution in [0.15, 0.2) is 60.7 Å². The lowest BCUT2D eigenvalue weighted by atomic mass is 9.95. The van der Waals surface area contributed by atoms with E-state index in [-0.39, 0.29) is 5.56 Å². The van der Waals surface area contributed by atoms with Crippen molar-refractivity contribution in [3.63, 3.8) is 0 Å². The van der Waals surface area contributed by atoms with E-state index in [0.29, 0.717) is 5.75 Å². The Morgan fingerprint density at radius 3 is 2.43 bits per heavy atom. The first-order chi connectivity index (χ1) is 10.2. The average Bonchev–Trinajstić information content (AvgIpc) is 2.53. The molecule has 0 unspecified atom stereocenters. The van der Waals surface area contributed by atoms with Crippen molar-refractivity contribution >= 4 is 16.7 Å². The molecule has 3 rings (SSSR count). The standard InChI is InChI=1S/C18H14O3/c1-21-15-7-8-16-13(10-15)9-14(18(19)20)11-17(16)12-5-3-2-4-6-12/h2-11H,1H3,(H,19,20). The van der Waals surface area contributed by atoms with Gasteiger partial charge in [-0.25, -0.2) is 4.79 Å². The maximum absolute atomic E-state index is 11.4. The van der Waals surface area contributed by atoms with Crippen LogP contribution >= 0.6 is 0 Å². The number of fused-ring (bicyclic) bond motifs is 1. The second kappa shape index (κ2) is 5.29. The average molecular weight is 278 g/mol. The maximum Gasteiger partial charge on any atom is 0.335 e. The van der Waals surface area contributed by atoms with Crippen molar-refractivity contribution in [2.45, 2.75) is 0 Å². The minimum Gasteiger partial charge on any atom is -0.497 e. The van der Waals surface area contributed by atoms with E-state index in [2.05, 4.69) is 0 Å². The second-order valence-electron chi connectivity index (χ2n) is 4.78. The Balaban J connectivity index is 2.33. The third-order valence-electron chi connectivity index (χ3n) is 3.49. The van der Waals surface area contributed by atoms with E-state index in [4.69, 9.17) is 4.74 Å². The van der Waals surface area contributed by atoms with Crippen LogP contribution in [-0.2, 0) is 0 Å². The third kappa shape index (κ3) is 2.46. The van der Waals surface area contributed by atoms with Crippen LogP contribution in [0, 0.1) is 0 Å². The van der Waals surface area contributed by atoms with Crippen molar-refractivity contribution < 1.29 is 14.6 Å². The van der Waals surface area contributed by atoms with Crippen molar-refractivity contribution in [1.82, 2.24) is 0 Å². The summed E-state index contributed by atoms with van der Waals surface area (Å²) in [4.78, 5) is 11.4. The normalized spacial score (nSPS) is 10.5. The molecule has 0 amide bonds. The molecule has 0 bridgehead atoms. The number of hydrogen-bond acceptors (Lipinski definition) is 2. The van der Waals surface area contributed by atoms with E-state index in [1.165, 1.54) is 0 Å². The summed E-state index contributed by atoms with van der Waals surface area (Å²) in [6.45, 7) is 0. The van der Waals surface area contributed by atoms with Crippen LogP contribution in [0.5, 0.6) is 5.75 Å². The molecule has 104 valence electrons. The molecule has 0 aliphatic heterocycles. The summed E-state index contributed by atoms with van der Waals surface area (Å²) in [5.41, 5.74) is 2.18. The molecule has 0 saturated carbocycles. The van der Waals surface area contributed by atoms with Gasteiger partial charge in [0.25, 0.3) is 0 Å². The van der Waals surface area contributed by atoms with Gasteiger partial charge in [-0.3, -0.25) is 0 Å². The fraction of sp³-hybridized carbons (Fsp3) is 0.0556. The summed E-state index contributed by atoms with van der Waals surface area (Å²) >= 11 is 0. The van der Waals surface area contributed by atoms with Crippen LogP contribution in [-0.4, -0.2) is 18.2 Å². The van der Waals surface area contributed by atoms with Gasteiger partial charge in [0.05, 0.1) is 12.7 Å². The minimum absolute atomic E-state index is 0.273. The highest BCUT2D eigenvalue weighted by Gasteiger charge is 2.11. The van der Waals surface area contributed by atoms with Crippen LogP contribution in [0.3, 0.4) is 0 Å². The molecule has 0 radical (unpaired) electrons. The zero-order valence-corrected chi connectivity index (χ0v) is 11.5. The van der Waals surface area contributed by atoms with Gasteiger partial charge in [0, 0.05) is 0 Å². The molecule has 1 N–H and O–H groups in total. The van der Waals surface area contributed by atoms with Gasteiger partial charge < -0.3 is 9.84 Å². The third-order valence-corrected chi connectivity index (χ3v) is 3.49. The van der Waals surface area contributed by atoms with Crippen LogP contribution in [0.25, 0.3) is 21.9 Å². The fourth-order valence-electron chi connectivity index (χ4n) is 2.45. The molecule has 0 aliphatic carbocycles. The zero-order chi connectivity index (χ0) is 14.8. The summed E-state index contributed by atoms with van der Waals surface area (Å²) in [6.07, 6.45) is 0. The largest absolute Gasteiger partial charge is 0.497 e. The van der Waals surface area contributed by atoms with E-state index >= 15 is 0 Å². The van der Waals surface area contributed by atoms with Gasteiger partial charge in [0.1, 0.15) is 5.75 Å². The first kappa shape index (κ1) is 13.2. The second-order valence-corrected chi connectivity index (χ2v) is 4.78. The summed E-state index contributed by atoms with van der Waals surface area (Å²) < 4.78 is 5.22. The van der Waals surface area contributed by atoms with E-state index in [1.54, 1.807) is 19.2 Å². The molecule has 0 saturated heterocycles. The number of rotatable bonds is 3. The molecule has 3 heteroatoms. The van der Waals surface area contributed by atoms with Crippen LogP contribution < -0.4 is 4.74 Å². The number of carboxylic acid groups (broad SMARTS) is 1. The first-order valence-electron chi connectivity index (χ1n) is 6.59. The number of carboxylic acids is 1. The highest BCUT2D eigenvalue weighted by molar-refractivity contribution is 6.03. The van der Waals surface area contributed by atoms with Crippen LogP contribution in [0.4, 0.5) is 0 Å². The lowest BCUT2D eigenvalue weighted by molar-refractivity contribution is 0.0697. The topological polar surface area (TPSA) is 46.5 Å². The SMILES string of the molecule is COc1ccc2c(-c3ccccc3)cc(C(=O)O)cc2c1. The molecule has 3 aromatic carbocycles. The number of aromatic carboxylic acids is 1. The molecule has 0 aliphatic rings. The highest BCUT2D eigenvalue weighted by Crippen LogP contribution is 2.32. The molecule has 3 aromatic rings. The molecule has 0 heterocycles. The van der Waals surface area contributed by atoms with Crippen molar-refractivity contribution in [3.8, 4) is 16.9 Å². The van der Waals surface area contributed by atoms with Crippen molar-refractivity contribution in [3.05, 3.63) is 66.2 Å². The summed E-state index contributed by atoms with van der Waals surface area (Å²) in [7, 11) is 1.60. The lowest BCUT2D eigenvalue weighted by Gasteiger charge is -2.10. The predicted octanol–water partition coefficient (Wildman–Crippen LogP) is 4.21.